The fourth-order valence-electron chi connectivity index (χ4n) is 3.48. The van der Waals surface area contributed by atoms with Crippen LogP contribution in [0.15, 0.2) is 29.3 Å². The Labute approximate surface area is 174 Å². The van der Waals surface area contributed by atoms with Gasteiger partial charge in [-0.1, -0.05) is 12.1 Å². The number of fused-ring (bicyclic) bond motifs is 1. The quantitative estimate of drug-likeness (QED) is 0.381. The molecule has 9 heteroatoms. The molecule has 1 aromatic rings. The summed E-state index contributed by atoms with van der Waals surface area (Å²) in [7, 11) is 1.64. The molecule has 27 heavy (non-hydrogen) atoms. The summed E-state index contributed by atoms with van der Waals surface area (Å²) >= 11 is 0. The van der Waals surface area contributed by atoms with Gasteiger partial charge in [0.15, 0.2) is 5.96 Å². The maximum atomic E-state index is 12.8. The maximum Gasteiger partial charge on any atom is 0.416 e. The number of hydrogen-bond donors (Lipinski definition) is 2. The number of halogens is 4. The van der Waals surface area contributed by atoms with Gasteiger partial charge in [-0.05, 0) is 37.1 Å². The first-order chi connectivity index (χ1) is 12.5. The lowest BCUT2D eigenvalue weighted by atomic mass is 10.1. The molecular formula is C18H26F3IN4O. The molecule has 0 aliphatic carbocycles. The average Bonchev–Trinajstić information content (AvgIpc) is 3.09. The van der Waals surface area contributed by atoms with Crippen LogP contribution in [0.2, 0.25) is 0 Å². The molecule has 1 aromatic carbocycles. The smallest absolute Gasteiger partial charge is 0.373 e. The van der Waals surface area contributed by atoms with E-state index < -0.39 is 11.7 Å². The standard InChI is InChI=1S/C18H25F3N4O.HI/c1-22-17(23-9-13-4-2-5-14(8-13)18(19,20)21)24-10-16-11-25-7-3-6-15(25)12-26-16;/h2,4-5,8,15-16H,3,6-7,9-12H2,1H3,(H2,22,23,24);1H. The molecule has 5 nitrogen and oxygen atoms in total. The third kappa shape index (κ3) is 6.21. The van der Waals surface area contributed by atoms with E-state index in [1.807, 2.05) is 0 Å². The molecule has 0 spiro atoms. The summed E-state index contributed by atoms with van der Waals surface area (Å²) in [6.45, 7) is 3.69. The molecule has 2 fully saturated rings. The minimum atomic E-state index is -4.33. The van der Waals surface area contributed by atoms with Crippen molar-refractivity contribution in [2.45, 2.75) is 37.7 Å². The Balaban J connectivity index is 0.00000261. The molecule has 2 N–H and O–H groups in total. The maximum absolute atomic E-state index is 12.8. The Kier molecular flexibility index (Phi) is 8.17. The van der Waals surface area contributed by atoms with Crippen LogP contribution in [-0.4, -0.2) is 56.3 Å². The van der Waals surface area contributed by atoms with Gasteiger partial charge in [-0.25, -0.2) is 0 Å². The minimum Gasteiger partial charge on any atom is -0.373 e. The molecule has 2 unspecified atom stereocenters. The lowest BCUT2D eigenvalue weighted by molar-refractivity contribution is -0.137. The first-order valence-electron chi connectivity index (χ1n) is 8.92. The second kappa shape index (κ2) is 9.92. The van der Waals surface area contributed by atoms with Crippen LogP contribution in [0.4, 0.5) is 13.2 Å². The van der Waals surface area contributed by atoms with Gasteiger partial charge in [-0.3, -0.25) is 9.89 Å². The van der Waals surface area contributed by atoms with Crippen LogP contribution in [0.25, 0.3) is 0 Å². The van der Waals surface area contributed by atoms with Crippen LogP contribution in [0, 0.1) is 0 Å². The van der Waals surface area contributed by atoms with Gasteiger partial charge in [0.2, 0.25) is 0 Å². The van der Waals surface area contributed by atoms with Gasteiger partial charge in [0.1, 0.15) is 0 Å². The fraction of sp³-hybridized carbons (Fsp3) is 0.611. The van der Waals surface area contributed by atoms with E-state index >= 15 is 0 Å². The molecule has 0 amide bonds. The highest BCUT2D eigenvalue weighted by atomic mass is 127. The third-order valence-corrected chi connectivity index (χ3v) is 4.90. The SMILES string of the molecule is CN=C(NCc1cccc(C(F)(F)F)c1)NCC1CN2CCCC2CO1.I. The largest absolute Gasteiger partial charge is 0.416 e. The van der Waals surface area contributed by atoms with Crippen LogP contribution in [0.1, 0.15) is 24.0 Å². The molecule has 2 atom stereocenters. The van der Waals surface area contributed by atoms with Crippen LogP contribution in [0.5, 0.6) is 0 Å². The molecule has 0 bridgehead atoms. The number of rotatable bonds is 4. The topological polar surface area (TPSA) is 48.9 Å². The van der Waals surface area contributed by atoms with E-state index in [1.54, 1.807) is 13.1 Å². The van der Waals surface area contributed by atoms with Crippen LogP contribution in [-0.2, 0) is 17.5 Å². The van der Waals surface area contributed by atoms with Crippen molar-refractivity contribution in [1.29, 1.82) is 0 Å². The highest BCUT2D eigenvalue weighted by molar-refractivity contribution is 14.0. The molecule has 0 radical (unpaired) electrons. The average molecular weight is 498 g/mol. The third-order valence-electron chi connectivity index (χ3n) is 4.90. The van der Waals surface area contributed by atoms with E-state index in [1.165, 1.54) is 18.9 Å². The van der Waals surface area contributed by atoms with Gasteiger partial charge in [0.25, 0.3) is 0 Å². The lowest BCUT2D eigenvalue weighted by Crippen LogP contribution is -2.51. The van der Waals surface area contributed by atoms with Gasteiger partial charge >= 0.3 is 6.18 Å². The molecule has 2 aliphatic heterocycles. The van der Waals surface area contributed by atoms with Crippen LogP contribution >= 0.6 is 24.0 Å². The molecule has 2 aliphatic rings. The van der Waals surface area contributed by atoms with E-state index in [0.717, 1.165) is 31.8 Å². The number of ether oxygens (including phenoxy) is 1. The van der Waals surface area contributed by atoms with Crippen molar-refractivity contribution in [2.75, 3.05) is 33.3 Å². The number of benzene rings is 1. The monoisotopic (exact) mass is 498 g/mol. The Hall–Kier alpha value is -1.07. The molecule has 0 aromatic heterocycles. The number of nitrogens with one attached hydrogen (secondary N) is 2. The second-order valence-electron chi connectivity index (χ2n) is 6.75. The Bertz CT molecular complexity index is 641. The Morgan fingerprint density at radius 3 is 2.89 bits per heavy atom. The van der Waals surface area contributed by atoms with Crippen LogP contribution in [0.3, 0.4) is 0 Å². The first-order valence-corrected chi connectivity index (χ1v) is 8.92. The summed E-state index contributed by atoms with van der Waals surface area (Å²) in [4.78, 5) is 6.60. The fourth-order valence-corrected chi connectivity index (χ4v) is 3.48. The summed E-state index contributed by atoms with van der Waals surface area (Å²) in [6.07, 6.45) is -1.80. The van der Waals surface area contributed by atoms with Gasteiger partial charge in [0.05, 0.1) is 18.3 Å². The van der Waals surface area contributed by atoms with Crippen molar-refractivity contribution in [2.24, 2.45) is 4.99 Å². The second-order valence-corrected chi connectivity index (χ2v) is 6.75. The zero-order chi connectivity index (χ0) is 18.6. The molecular weight excluding hydrogens is 472 g/mol. The zero-order valence-corrected chi connectivity index (χ0v) is 17.6. The highest BCUT2D eigenvalue weighted by Crippen LogP contribution is 2.29. The van der Waals surface area contributed by atoms with Gasteiger partial charge in [0, 0.05) is 32.7 Å². The number of alkyl halides is 3. The van der Waals surface area contributed by atoms with Crippen molar-refractivity contribution in [1.82, 2.24) is 15.5 Å². The minimum absolute atomic E-state index is 0. The molecule has 0 saturated carbocycles. The van der Waals surface area contributed by atoms with Crippen molar-refractivity contribution in [3.8, 4) is 0 Å². The van der Waals surface area contributed by atoms with E-state index in [9.17, 15) is 13.2 Å². The van der Waals surface area contributed by atoms with E-state index in [2.05, 4.69) is 20.5 Å². The van der Waals surface area contributed by atoms with Gasteiger partial charge < -0.3 is 15.4 Å². The van der Waals surface area contributed by atoms with E-state index in [4.69, 9.17) is 4.74 Å². The number of nitrogens with zero attached hydrogens (tertiary/aromatic N) is 2. The molecule has 152 valence electrons. The van der Waals surface area contributed by atoms with Gasteiger partial charge in [-0.2, -0.15) is 13.2 Å². The number of morpholine rings is 1. The molecule has 2 saturated heterocycles. The summed E-state index contributed by atoms with van der Waals surface area (Å²) in [6, 6.07) is 5.86. The van der Waals surface area contributed by atoms with Crippen LogP contribution < -0.4 is 10.6 Å². The molecule has 3 rings (SSSR count). The summed E-state index contributed by atoms with van der Waals surface area (Å²) in [5.74, 6) is 0.551. The summed E-state index contributed by atoms with van der Waals surface area (Å²) in [5.41, 5.74) is -0.0906. The zero-order valence-electron chi connectivity index (χ0n) is 15.3. The number of aliphatic imine (C=N–C) groups is 1. The van der Waals surface area contributed by atoms with Gasteiger partial charge in [-0.15, -0.1) is 24.0 Å². The first kappa shape index (κ1) is 22.2. The number of hydrogen-bond acceptors (Lipinski definition) is 3. The van der Waals surface area contributed by atoms with Crippen molar-refractivity contribution >= 4 is 29.9 Å². The normalized spacial score (nSPS) is 23.5. The lowest BCUT2D eigenvalue weighted by Gasteiger charge is -2.35. The Morgan fingerprint density at radius 1 is 1.33 bits per heavy atom. The van der Waals surface area contributed by atoms with E-state index in [-0.39, 0.29) is 36.6 Å². The van der Waals surface area contributed by atoms with Crippen molar-refractivity contribution < 1.29 is 17.9 Å². The molecule has 2 heterocycles. The van der Waals surface area contributed by atoms with E-state index in [0.29, 0.717) is 24.1 Å². The number of guanidine groups is 1. The Morgan fingerprint density at radius 2 is 2.15 bits per heavy atom. The predicted octanol–water partition coefficient (Wildman–Crippen LogP) is 2.85. The predicted molar refractivity (Wildman–Crippen MR) is 109 cm³/mol. The highest BCUT2D eigenvalue weighted by Gasteiger charge is 2.32. The van der Waals surface area contributed by atoms with Crippen molar-refractivity contribution in [3.63, 3.8) is 0 Å². The van der Waals surface area contributed by atoms with Crippen molar-refractivity contribution in [3.05, 3.63) is 35.4 Å². The summed E-state index contributed by atoms with van der Waals surface area (Å²) in [5, 5.41) is 6.25. The summed E-state index contributed by atoms with van der Waals surface area (Å²) < 4.78 is 44.2.